The molecule has 0 saturated heterocycles. The number of rotatable bonds is 2. The smallest absolute Gasteiger partial charge is 0.358 e. The van der Waals surface area contributed by atoms with Gasteiger partial charge in [0.25, 0.3) is 0 Å². The molecule has 0 atom stereocenters. The molecule has 0 rings (SSSR count). The summed E-state index contributed by atoms with van der Waals surface area (Å²) < 4.78 is 0. The summed E-state index contributed by atoms with van der Waals surface area (Å²) in [5.41, 5.74) is 0.226. The van der Waals surface area contributed by atoms with Crippen molar-refractivity contribution in [3.8, 4) is 0 Å². The van der Waals surface area contributed by atoms with E-state index < -0.39 is 0 Å². The van der Waals surface area contributed by atoms with Crippen molar-refractivity contribution < 1.29 is 29.6 Å². The first kappa shape index (κ1) is 13.5. The van der Waals surface area contributed by atoms with Crippen molar-refractivity contribution in [1.82, 2.24) is 4.90 Å². The molecule has 10 heavy (non-hydrogen) atoms. The van der Waals surface area contributed by atoms with Gasteiger partial charge in [-0.2, -0.15) is 0 Å². The van der Waals surface area contributed by atoms with E-state index in [-0.39, 0.29) is 35.1 Å². The van der Waals surface area contributed by atoms with Crippen molar-refractivity contribution in [3.63, 3.8) is 0 Å². The Balaban J connectivity index is 0. The van der Waals surface area contributed by atoms with Crippen LogP contribution < -0.4 is 29.6 Å². The van der Waals surface area contributed by atoms with Gasteiger partial charge in [0.1, 0.15) is 0 Å². The maximum atomic E-state index is 3.81. The van der Waals surface area contributed by atoms with Gasteiger partial charge in [0.05, 0.1) is 0 Å². The molecule has 0 saturated carbocycles. The fourth-order valence-corrected chi connectivity index (χ4v) is 0.783. The SMILES string of the molecule is [CH2-]CN(C[CH2-])C(C)(C)C.[Na+]. The molecule has 2 heteroatoms. The Morgan fingerprint density at radius 1 is 1.10 bits per heavy atom. The van der Waals surface area contributed by atoms with E-state index in [0.29, 0.717) is 0 Å². The second-order valence-corrected chi connectivity index (χ2v) is 3.16. The maximum absolute atomic E-state index is 3.81. The van der Waals surface area contributed by atoms with Crippen molar-refractivity contribution in [2.75, 3.05) is 13.1 Å². The zero-order chi connectivity index (χ0) is 7.49. The largest absolute Gasteiger partial charge is 1.00 e. The fourth-order valence-electron chi connectivity index (χ4n) is 0.783. The van der Waals surface area contributed by atoms with E-state index in [2.05, 4.69) is 39.5 Å². The first-order chi connectivity index (χ1) is 4.02. The molecule has 0 fully saturated rings. The minimum absolute atomic E-state index is 0. The molecule has 0 aromatic heterocycles. The summed E-state index contributed by atoms with van der Waals surface area (Å²) in [5, 5.41) is 0. The predicted molar refractivity (Wildman–Crippen MR) is 42.0 cm³/mol. The zero-order valence-electron chi connectivity index (χ0n) is 7.78. The van der Waals surface area contributed by atoms with Crippen molar-refractivity contribution in [2.45, 2.75) is 26.3 Å². The van der Waals surface area contributed by atoms with Gasteiger partial charge in [-0.1, -0.05) is 0 Å². The van der Waals surface area contributed by atoms with Crippen LogP contribution in [0.3, 0.4) is 0 Å². The van der Waals surface area contributed by atoms with Gasteiger partial charge in [-0.05, 0) is 20.8 Å². The van der Waals surface area contributed by atoms with Crippen LogP contribution in [0.15, 0.2) is 0 Å². The van der Waals surface area contributed by atoms with Crippen LogP contribution in [-0.4, -0.2) is 23.5 Å². The van der Waals surface area contributed by atoms with Crippen LogP contribution >= 0.6 is 0 Å². The number of hydrogen-bond acceptors (Lipinski definition) is 1. The molecular formula is C8H17NNa-. The van der Waals surface area contributed by atoms with E-state index >= 15 is 0 Å². The van der Waals surface area contributed by atoms with E-state index in [4.69, 9.17) is 0 Å². The molecule has 0 aliphatic heterocycles. The third-order valence-electron chi connectivity index (χ3n) is 1.49. The van der Waals surface area contributed by atoms with E-state index in [0.717, 1.165) is 13.1 Å². The Hall–Kier alpha value is 0.960. The molecule has 1 nitrogen and oxygen atoms in total. The van der Waals surface area contributed by atoms with E-state index in [1.165, 1.54) is 0 Å². The summed E-state index contributed by atoms with van der Waals surface area (Å²) in [6.45, 7) is 15.8. The summed E-state index contributed by atoms with van der Waals surface area (Å²) >= 11 is 0. The van der Waals surface area contributed by atoms with Crippen LogP contribution in [0.5, 0.6) is 0 Å². The van der Waals surface area contributed by atoms with Crippen molar-refractivity contribution in [3.05, 3.63) is 13.8 Å². The molecule has 0 radical (unpaired) electrons. The van der Waals surface area contributed by atoms with Gasteiger partial charge < -0.3 is 18.7 Å². The zero-order valence-corrected chi connectivity index (χ0v) is 9.78. The average Bonchev–Trinajstić information content (AvgIpc) is 1.65. The molecule has 0 aliphatic carbocycles. The van der Waals surface area contributed by atoms with Crippen LogP contribution in [-0.2, 0) is 0 Å². The van der Waals surface area contributed by atoms with E-state index in [1.54, 1.807) is 0 Å². The topological polar surface area (TPSA) is 3.24 Å². The summed E-state index contributed by atoms with van der Waals surface area (Å²) in [6.07, 6.45) is 0. The molecule has 0 amide bonds. The second-order valence-electron chi connectivity index (χ2n) is 3.16. The molecule has 0 aromatic rings. The van der Waals surface area contributed by atoms with Gasteiger partial charge >= 0.3 is 29.6 Å². The number of nitrogens with zero attached hydrogens (tertiary/aromatic N) is 1. The van der Waals surface area contributed by atoms with Gasteiger partial charge in [0, 0.05) is 5.54 Å². The van der Waals surface area contributed by atoms with Crippen LogP contribution in [0.2, 0.25) is 0 Å². The minimum Gasteiger partial charge on any atom is -0.358 e. The minimum atomic E-state index is 0. The molecular weight excluding hydrogens is 133 g/mol. The van der Waals surface area contributed by atoms with Crippen LogP contribution in [0.4, 0.5) is 0 Å². The normalized spacial score (nSPS) is 11.4. The van der Waals surface area contributed by atoms with Crippen molar-refractivity contribution >= 4 is 0 Å². The van der Waals surface area contributed by atoms with Crippen molar-refractivity contribution in [1.29, 1.82) is 0 Å². The van der Waals surface area contributed by atoms with Crippen LogP contribution in [0, 0.1) is 13.8 Å². The molecule has 0 aromatic carbocycles. The fraction of sp³-hybridized carbons (Fsp3) is 0.750. The Morgan fingerprint density at radius 3 is 1.40 bits per heavy atom. The summed E-state index contributed by atoms with van der Waals surface area (Å²) in [5.74, 6) is 0. The summed E-state index contributed by atoms with van der Waals surface area (Å²) in [7, 11) is 0. The molecule has 0 heterocycles. The van der Waals surface area contributed by atoms with Gasteiger partial charge in [-0.25, -0.2) is 0 Å². The summed E-state index contributed by atoms with van der Waals surface area (Å²) in [4.78, 5) is 2.22. The molecule has 0 spiro atoms. The maximum Gasteiger partial charge on any atom is 1.00 e. The van der Waals surface area contributed by atoms with Gasteiger partial charge in [0.2, 0.25) is 0 Å². The molecule has 0 unspecified atom stereocenters. The summed E-state index contributed by atoms with van der Waals surface area (Å²) in [6, 6.07) is 0. The quantitative estimate of drug-likeness (QED) is 0.351. The standard InChI is InChI=1S/C8H17N.Na/c1-6-9(7-2)8(3,4)5;/h1-2,6-7H2,3-5H3;/q-2;+1. The Morgan fingerprint density at radius 2 is 1.40 bits per heavy atom. The van der Waals surface area contributed by atoms with E-state index in [1.807, 2.05) is 0 Å². The van der Waals surface area contributed by atoms with Crippen LogP contribution in [0.1, 0.15) is 20.8 Å². The Labute approximate surface area is 87.5 Å². The molecule has 0 N–H and O–H groups in total. The second kappa shape index (κ2) is 5.59. The van der Waals surface area contributed by atoms with Gasteiger partial charge in [-0.3, -0.25) is 0 Å². The predicted octanol–water partition coefficient (Wildman–Crippen LogP) is -1.24. The molecule has 56 valence electrons. The number of hydrogen-bond donors (Lipinski definition) is 0. The molecule has 0 aliphatic rings. The van der Waals surface area contributed by atoms with E-state index in [9.17, 15) is 0 Å². The first-order valence-electron chi connectivity index (χ1n) is 3.36. The Bertz CT molecular complexity index is 71.8. The molecule has 0 bridgehead atoms. The van der Waals surface area contributed by atoms with Crippen molar-refractivity contribution in [2.24, 2.45) is 0 Å². The first-order valence-corrected chi connectivity index (χ1v) is 3.36. The van der Waals surface area contributed by atoms with Crippen LogP contribution in [0.25, 0.3) is 0 Å². The third-order valence-corrected chi connectivity index (χ3v) is 1.49. The third kappa shape index (κ3) is 4.73. The average molecular weight is 150 g/mol. The monoisotopic (exact) mass is 150 g/mol. The van der Waals surface area contributed by atoms with Gasteiger partial charge in [0.15, 0.2) is 0 Å². The Kier molecular flexibility index (Phi) is 7.57. The van der Waals surface area contributed by atoms with Gasteiger partial charge in [-0.15, -0.1) is 13.1 Å².